The molecule has 1 aromatic heterocycles. The van der Waals surface area contributed by atoms with E-state index in [1.54, 1.807) is 0 Å². The summed E-state index contributed by atoms with van der Waals surface area (Å²) < 4.78 is 0. The number of pyridine rings is 1. The fraction of sp³-hybridized carbons (Fsp3) is 0.615. The van der Waals surface area contributed by atoms with Gasteiger partial charge in [-0.2, -0.15) is 0 Å². The quantitative estimate of drug-likeness (QED) is 0.849. The van der Waals surface area contributed by atoms with Crippen molar-refractivity contribution in [2.45, 2.75) is 46.2 Å². The molecule has 0 radical (unpaired) electrons. The zero-order chi connectivity index (χ0) is 12.3. The van der Waals surface area contributed by atoms with Gasteiger partial charge in [-0.25, -0.2) is 0 Å². The van der Waals surface area contributed by atoms with Crippen LogP contribution in [0.25, 0.3) is 0 Å². The normalized spacial score (nSPS) is 11.6. The molecule has 0 aliphatic heterocycles. The molecular formula is C13H23N3. The van der Waals surface area contributed by atoms with Gasteiger partial charge in [-0.05, 0) is 33.3 Å². The lowest BCUT2D eigenvalue weighted by Crippen LogP contribution is -2.41. The van der Waals surface area contributed by atoms with Crippen LogP contribution in [0, 0.1) is 6.92 Å². The Morgan fingerprint density at radius 1 is 1.44 bits per heavy atom. The summed E-state index contributed by atoms with van der Waals surface area (Å²) in [5.74, 6) is 0. The van der Waals surface area contributed by atoms with Crippen molar-refractivity contribution in [1.29, 1.82) is 0 Å². The summed E-state index contributed by atoms with van der Waals surface area (Å²) in [4.78, 5) is 6.59. The average molecular weight is 221 g/mol. The molecular weight excluding hydrogens is 198 g/mol. The van der Waals surface area contributed by atoms with Gasteiger partial charge in [-0.15, -0.1) is 0 Å². The number of nitrogens with two attached hydrogens (primary N) is 1. The Labute approximate surface area is 98.7 Å². The van der Waals surface area contributed by atoms with E-state index in [2.05, 4.69) is 43.8 Å². The molecule has 0 aliphatic carbocycles. The van der Waals surface area contributed by atoms with Crippen molar-refractivity contribution in [2.24, 2.45) is 5.73 Å². The van der Waals surface area contributed by atoms with E-state index in [-0.39, 0.29) is 5.54 Å². The Hall–Kier alpha value is -1.09. The first kappa shape index (κ1) is 13.0. The highest BCUT2D eigenvalue weighted by atomic mass is 15.2. The topological polar surface area (TPSA) is 42.2 Å². The van der Waals surface area contributed by atoms with Gasteiger partial charge in [0.25, 0.3) is 0 Å². The smallest absolute Gasteiger partial charge is 0.0447 e. The second-order valence-electron chi connectivity index (χ2n) is 4.88. The van der Waals surface area contributed by atoms with Crippen LogP contribution in [0.5, 0.6) is 0 Å². The van der Waals surface area contributed by atoms with Crippen LogP contribution in [-0.4, -0.2) is 17.6 Å². The van der Waals surface area contributed by atoms with E-state index in [0.29, 0.717) is 6.54 Å². The summed E-state index contributed by atoms with van der Waals surface area (Å²) >= 11 is 0. The third kappa shape index (κ3) is 2.53. The molecule has 1 aromatic rings. The maximum Gasteiger partial charge on any atom is 0.0447 e. The van der Waals surface area contributed by atoms with Crippen LogP contribution in [0.4, 0.5) is 5.69 Å². The highest BCUT2D eigenvalue weighted by molar-refractivity contribution is 5.54. The minimum absolute atomic E-state index is 0.137. The molecule has 0 atom stereocenters. The zero-order valence-electron chi connectivity index (χ0n) is 11.0. The summed E-state index contributed by atoms with van der Waals surface area (Å²) in [6.07, 6.45) is 2.97. The minimum atomic E-state index is 0.137. The van der Waals surface area contributed by atoms with Crippen LogP contribution in [0.15, 0.2) is 12.3 Å². The number of hydrogen-bond acceptors (Lipinski definition) is 3. The number of nitrogens with zero attached hydrogens (tertiary/aromatic N) is 2. The molecule has 0 aromatic carbocycles. The lowest BCUT2D eigenvalue weighted by molar-refractivity contribution is 0.469. The predicted octanol–water partition coefficient (Wildman–Crippen LogP) is 2.47. The van der Waals surface area contributed by atoms with Gasteiger partial charge in [-0.3, -0.25) is 4.98 Å². The van der Waals surface area contributed by atoms with Crippen molar-refractivity contribution in [3.8, 4) is 0 Å². The molecule has 0 saturated heterocycles. The number of aromatic nitrogens is 1. The Morgan fingerprint density at radius 2 is 2.06 bits per heavy atom. The Balaban J connectivity index is 3.16. The predicted molar refractivity (Wildman–Crippen MR) is 69.6 cm³/mol. The fourth-order valence-electron chi connectivity index (χ4n) is 1.61. The Bertz CT molecular complexity index is 358. The molecule has 0 bridgehead atoms. The molecule has 1 rings (SSSR count). The third-order valence-corrected chi connectivity index (χ3v) is 3.45. The van der Waals surface area contributed by atoms with Gasteiger partial charge in [0.05, 0.1) is 0 Å². The maximum atomic E-state index is 5.76. The van der Waals surface area contributed by atoms with Gasteiger partial charge >= 0.3 is 0 Å². The van der Waals surface area contributed by atoms with E-state index in [1.807, 2.05) is 13.1 Å². The van der Waals surface area contributed by atoms with Crippen molar-refractivity contribution in [2.75, 3.05) is 11.9 Å². The second kappa shape index (κ2) is 4.83. The molecule has 0 saturated carbocycles. The van der Waals surface area contributed by atoms with Gasteiger partial charge < -0.3 is 10.6 Å². The summed E-state index contributed by atoms with van der Waals surface area (Å²) in [6.45, 7) is 9.22. The zero-order valence-corrected chi connectivity index (χ0v) is 11.0. The van der Waals surface area contributed by atoms with E-state index in [9.17, 15) is 0 Å². The molecule has 0 amide bonds. The average Bonchev–Trinajstić information content (AvgIpc) is 2.28. The standard InChI is InChI=1S/C13H23N3/c1-6-13(3,4)16(5)12-7-10(2)15-9-11(12)8-14/h7,9H,6,8,14H2,1-5H3. The van der Waals surface area contributed by atoms with Crippen LogP contribution in [0.3, 0.4) is 0 Å². The first-order chi connectivity index (χ1) is 7.42. The molecule has 0 fully saturated rings. The van der Waals surface area contributed by atoms with Gasteiger partial charge in [0, 0.05) is 42.3 Å². The number of anilines is 1. The van der Waals surface area contributed by atoms with E-state index in [4.69, 9.17) is 5.73 Å². The summed E-state index contributed by atoms with van der Waals surface area (Å²) in [7, 11) is 2.12. The van der Waals surface area contributed by atoms with E-state index < -0.39 is 0 Å². The van der Waals surface area contributed by atoms with Crippen molar-refractivity contribution in [1.82, 2.24) is 4.98 Å². The number of aryl methyl sites for hydroxylation is 1. The Morgan fingerprint density at radius 3 is 2.56 bits per heavy atom. The van der Waals surface area contributed by atoms with Gasteiger partial charge in [0.2, 0.25) is 0 Å². The van der Waals surface area contributed by atoms with E-state index >= 15 is 0 Å². The molecule has 0 unspecified atom stereocenters. The fourth-order valence-corrected chi connectivity index (χ4v) is 1.61. The second-order valence-corrected chi connectivity index (χ2v) is 4.88. The third-order valence-electron chi connectivity index (χ3n) is 3.45. The molecule has 1 heterocycles. The SMILES string of the molecule is CCC(C)(C)N(C)c1cc(C)ncc1CN. The van der Waals surface area contributed by atoms with Crippen LogP contribution < -0.4 is 10.6 Å². The first-order valence-electron chi connectivity index (χ1n) is 5.81. The molecule has 90 valence electrons. The molecule has 2 N–H and O–H groups in total. The number of rotatable bonds is 4. The molecule has 0 spiro atoms. The summed E-state index contributed by atoms with van der Waals surface area (Å²) in [5.41, 5.74) is 9.23. The lowest BCUT2D eigenvalue weighted by Gasteiger charge is -2.38. The molecule has 0 aliphatic rings. The van der Waals surface area contributed by atoms with Crippen molar-refractivity contribution >= 4 is 5.69 Å². The van der Waals surface area contributed by atoms with Crippen molar-refractivity contribution in [3.05, 3.63) is 23.5 Å². The van der Waals surface area contributed by atoms with Gasteiger partial charge in [0.15, 0.2) is 0 Å². The van der Waals surface area contributed by atoms with Crippen LogP contribution >= 0.6 is 0 Å². The van der Waals surface area contributed by atoms with Crippen LogP contribution in [-0.2, 0) is 6.54 Å². The lowest BCUT2D eigenvalue weighted by atomic mass is 9.98. The molecule has 16 heavy (non-hydrogen) atoms. The van der Waals surface area contributed by atoms with E-state index in [1.165, 1.54) is 5.69 Å². The highest BCUT2D eigenvalue weighted by Crippen LogP contribution is 2.27. The molecule has 3 nitrogen and oxygen atoms in total. The minimum Gasteiger partial charge on any atom is -0.369 e. The van der Waals surface area contributed by atoms with E-state index in [0.717, 1.165) is 17.7 Å². The maximum absolute atomic E-state index is 5.76. The Kier molecular flexibility index (Phi) is 3.92. The van der Waals surface area contributed by atoms with Gasteiger partial charge in [0.1, 0.15) is 0 Å². The first-order valence-corrected chi connectivity index (χ1v) is 5.81. The number of hydrogen-bond donors (Lipinski definition) is 1. The monoisotopic (exact) mass is 221 g/mol. The van der Waals surface area contributed by atoms with Gasteiger partial charge in [-0.1, -0.05) is 6.92 Å². The summed E-state index contributed by atoms with van der Waals surface area (Å²) in [5, 5.41) is 0. The summed E-state index contributed by atoms with van der Waals surface area (Å²) in [6, 6.07) is 2.11. The largest absolute Gasteiger partial charge is 0.369 e. The highest BCUT2D eigenvalue weighted by Gasteiger charge is 2.23. The van der Waals surface area contributed by atoms with Crippen LogP contribution in [0.1, 0.15) is 38.4 Å². The van der Waals surface area contributed by atoms with Crippen molar-refractivity contribution < 1.29 is 0 Å². The molecule has 3 heteroatoms. The van der Waals surface area contributed by atoms with Crippen LogP contribution in [0.2, 0.25) is 0 Å². The van der Waals surface area contributed by atoms with Crippen molar-refractivity contribution in [3.63, 3.8) is 0 Å².